The lowest BCUT2D eigenvalue weighted by Gasteiger charge is -2.07. The molecule has 0 atom stereocenters. The molecule has 0 saturated carbocycles. The van der Waals surface area contributed by atoms with E-state index in [0.29, 0.717) is 18.7 Å². The van der Waals surface area contributed by atoms with E-state index in [1.807, 2.05) is 0 Å². The number of aryl methyl sites for hydroxylation is 1. The Bertz CT molecular complexity index is 888. The fourth-order valence-electron chi connectivity index (χ4n) is 2.04. The van der Waals surface area contributed by atoms with E-state index in [-0.39, 0.29) is 22.9 Å². The Balaban J connectivity index is 1.85. The fraction of sp³-hybridized carbons (Fsp3) is 0.267. The first-order chi connectivity index (χ1) is 11.3. The number of primary sulfonamides is 1. The van der Waals surface area contributed by atoms with Crippen LogP contribution in [0.2, 0.25) is 0 Å². The molecule has 1 heterocycles. The van der Waals surface area contributed by atoms with E-state index in [4.69, 9.17) is 5.14 Å². The van der Waals surface area contributed by atoms with E-state index in [0.717, 1.165) is 5.56 Å². The molecule has 24 heavy (non-hydrogen) atoms. The quantitative estimate of drug-likeness (QED) is 0.731. The monoisotopic (exact) mass is 350 g/mol. The van der Waals surface area contributed by atoms with Crippen LogP contribution in [0.25, 0.3) is 0 Å². The summed E-state index contributed by atoms with van der Waals surface area (Å²) in [6, 6.07) is 7.48. The van der Waals surface area contributed by atoms with Gasteiger partial charge in [-0.3, -0.25) is 14.2 Å². The molecule has 0 aliphatic heterocycles. The molecule has 2 aromatic rings. The highest BCUT2D eigenvalue weighted by Crippen LogP contribution is 2.08. The zero-order chi connectivity index (χ0) is 17.7. The number of nitrogens with zero attached hydrogens (tertiary/aromatic N) is 2. The molecule has 0 unspecified atom stereocenters. The van der Waals surface area contributed by atoms with Crippen LogP contribution in [0, 0.1) is 6.92 Å². The first kappa shape index (κ1) is 17.8. The van der Waals surface area contributed by atoms with Gasteiger partial charge in [0, 0.05) is 18.3 Å². The predicted octanol–water partition coefficient (Wildman–Crippen LogP) is -0.442. The van der Waals surface area contributed by atoms with Crippen molar-refractivity contribution in [2.75, 3.05) is 6.54 Å². The lowest BCUT2D eigenvalue weighted by atomic mass is 10.1. The summed E-state index contributed by atoms with van der Waals surface area (Å²) in [5.41, 5.74) is 1.17. The van der Waals surface area contributed by atoms with Gasteiger partial charge in [-0.1, -0.05) is 12.1 Å². The number of hydrogen-bond acceptors (Lipinski definition) is 5. The van der Waals surface area contributed by atoms with Crippen molar-refractivity contribution in [3.05, 3.63) is 58.3 Å². The first-order valence-electron chi connectivity index (χ1n) is 7.17. The lowest BCUT2D eigenvalue weighted by Crippen LogP contribution is -2.33. The van der Waals surface area contributed by atoms with Crippen molar-refractivity contribution in [2.45, 2.75) is 24.8 Å². The summed E-state index contributed by atoms with van der Waals surface area (Å²) in [6.07, 6.45) is 1.86. The molecule has 1 aromatic carbocycles. The zero-order valence-electron chi connectivity index (χ0n) is 13.1. The molecule has 0 saturated heterocycles. The molecular weight excluding hydrogens is 332 g/mol. The molecule has 3 N–H and O–H groups in total. The smallest absolute Gasteiger partial charge is 0.253 e. The molecule has 1 amide bonds. The van der Waals surface area contributed by atoms with Crippen molar-refractivity contribution in [3.63, 3.8) is 0 Å². The molecule has 2 rings (SSSR count). The maximum absolute atomic E-state index is 11.8. The Morgan fingerprint density at radius 3 is 2.54 bits per heavy atom. The van der Waals surface area contributed by atoms with E-state index in [1.165, 1.54) is 29.1 Å². The van der Waals surface area contributed by atoms with E-state index in [9.17, 15) is 18.0 Å². The Morgan fingerprint density at radius 1 is 1.29 bits per heavy atom. The number of amides is 1. The van der Waals surface area contributed by atoms with Crippen LogP contribution in [-0.4, -0.2) is 30.4 Å². The molecule has 128 valence electrons. The van der Waals surface area contributed by atoms with Gasteiger partial charge >= 0.3 is 0 Å². The van der Waals surface area contributed by atoms with Crippen molar-refractivity contribution in [2.24, 2.45) is 5.14 Å². The number of sulfonamides is 1. The standard InChI is InChI=1S/C15H18N4O4S/c1-11-8-15(21)19(10-18-11)9-14(20)17-7-6-12-2-4-13(5-3-12)24(16,22)23/h2-5,8,10H,6-7,9H2,1H3,(H,17,20)(H2,16,22,23). The van der Waals surface area contributed by atoms with Crippen LogP contribution in [0.4, 0.5) is 0 Å². The van der Waals surface area contributed by atoms with Gasteiger partial charge < -0.3 is 5.32 Å². The van der Waals surface area contributed by atoms with Gasteiger partial charge in [-0.25, -0.2) is 18.5 Å². The predicted molar refractivity (Wildman–Crippen MR) is 87.8 cm³/mol. The third kappa shape index (κ3) is 5.00. The van der Waals surface area contributed by atoms with Crippen LogP contribution in [-0.2, 0) is 27.8 Å². The van der Waals surface area contributed by atoms with E-state index in [1.54, 1.807) is 19.1 Å². The van der Waals surface area contributed by atoms with Crippen molar-refractivity contribution < 1.29 is 13.2 Å². The summed E-state index contributed by atoms with van der Waals surface area (Å²) in [6.45, 7) is 1.96. The van der Waals surface area contributed by atoms with Crippen molar-refractivity contribution in [3.8, 4) is 0 Å². The van der Waals surface area contributed by atoms with E-state index < -0.39 is 10.0 Å². The number of aromatic nitrogens is 2. The van der Waals surface area contributed by atoms with Crippen LogP contribution in [0.1, 0.15) is 11.3 Å². The summed E-state index contributed by atoms with van der Waals surface area (Å²) >= 11 is 0. The van der Waals surface area contributed by atoms with Crippen LogP contribution in [0.5, 0.6) is 0 Å². The molecular formula is C15H18N4O4S. The number of rotatable bonds is 6. The van der Waals surface area contributed by atoms with Gasteiger partial charge in [-0.05, 0) is 31.0 Å². The van der Waals surface area contributed by atoms with Gasteiger partial charge in [0.05, 0.1) is 11.2 Å². The average molecular weight is 350 g/mol. The van der Waals surface area contributed by atoms with Crippen LogP contribution in [0.15, 0.2) is 46.3 Å². The SMILES string of the molecule is Cc1cc(=O)n(CC(=O)NCCc2ccc(S(N)(=O)=O)cc2)cn1. The molecule has 0 radical (unpaired) electrons. The molecule has 0 aliphatic rings. The molecule has 0 fully saturated rings. The van der Waals surface area contributed by atoms with Gasteiger partial charge in [-0.15, -0.1) is 0 Å². The first-order valence-corrected chi connectivity index (χ1v) is 8.72. The van der Waals surface area contributed by atoms with Crippen LogP contribution in [0.3, 0.4) is 0 Å². The summed E-state index contributed by atoms with van der Waals surface area (Å²) < 4.78 is 23.5. The van der Waals surface area contributed by atoms with Gasteiger partial charge in [0.1, 0.15) is 6.54 Å². The normalized spacial score (nSPS) is 11.2. The van der Waals surface area contributed by atoms with Gasteiger partial charge in [0.2, 0.25) is 15.9 Å². The minimum absolute atomic E-state index is 0.0431. The molecule has 9 heteroatoms. The highest BCUT2D eigenvalue weighted by Gasteiger charge is 2.07. The number of nitrogens with two attached hydrogens (primary N) is 1. The average Bonchev–Trinajstić information content (AvgIpc) is 2.50. The number of hydrogen-bond donors (Lipinski definition) is 2. The number of carbonyl (C=O) groups is 1. The lowest BCUT2D eigenvalue weighted by molar-refractivity contribution is -0.121. The third-order valence-corrected chi connectivity index (χ3v) is 4.25. The molecule has 0 spiro atoms. The van der Waals surface area contributed by atoms with Crippen LogP contribution >= 0.6 is 0 Å². The Kier molecular flexibility index (Phi) is 5.47. The topological polar surface area (TPSA) is 124 Å². The maximum atomic E-state index is 11.8. The molecule has 0 bridgehead atoms. The largest absolute Gasteiger partial charge is 0.354 e. The van der Waals surface area contributed by atoms with Crippen molar-refractivity contribution >= 4 is 15.9 Å². The maximum Gasteiger partial charge on any atom is 0.253 e. The second-order valence-electron chi connectivity index (χ2n) is 5.29. The number of carbonyl (C=O) groups excluding carboxylic acids is 1. The van der Waals surface area contributed by atoms with Crippen molar-refractivity contribution in [1.29, 1.82) is 0 Å². The fourth-order valence-corrected chi connectivity index (χ4v) is 2.55. The second-order valence-corrected chi connectivity index (χ2v) is 6.85. The van der Waals surface area contributed by atoms with Gasteiger partial charge in [0.15, 0.2) is 0 Å². The summed E-state index contributed by atoms with van der Waals surface area (Å²) in [5, 5.41) is 7.72. The summed E-state index contributed by atoms with van der Waals surface area (Å²) in [4.78, 5) is 27.5. The molecule has 1 aromatic heterocycles. The van der Waals surface area contributed by atoms with E-state index in [2.05, 4.69) is 10.3 Å². The molecule has 0 aliphatic carbocycles. The highest BCUT2D eigenvalue weighted by atomic mass is 32.2. The third-order valence-electron chi connectivity index (χ3n) is 3.32. The van der Waals surface area contributed by atoms with Crippen LogP contribution < -0.4 is 16.0 Å². The minimum Gasteiger partial charge on any atom is -0.354 e. The Hall–Kier alpha value is -2.52. The van der Waals surface area contributed by atoms with Gasteiger partial charge in [-0.2, -0.15) is 0 Å². The summed E-state index contributed by atoms with van der Waals surface area (Å²) in [7, 11) is -3.70. The summed E-state index contributed by atoms with van der Waals surface area (Å²) in [5.74, 6) is -0.302. The highest BCUT2D eigenvalue weighted by molar-refractivity contribution is 7.89. The number of nitrogens with one attached hydrogen (secondary N) is 1. The van der Waals surface area contributed by atoms with Gasteiger partial charge in [0.25, 0.3) is 5.56 Å². The minimum atomic E-state index is -3.70. The molecule has 8 nitrogen and oxygen atoms in total. The number of benzene rings is 1. The Labute approximate surface area is 139 Å². The Morgan fingerprint density at radius 2 is 1.96 bits per heavy atom. The van der Waals surface area contributed by atoms with E-state index >= 15 is 0 Å². The zero-order valence-corrected chi connectivity index (χ0v) is 13.9. The second kappa shape index (κ2) is 7.37. The van der Waals surface area contributed by atoms with Crippen molar-refractivity contribution in [1.82, 2.24) is 14.9 Å².